The SMILES string of the molecule is O=C(Nc1ccc2c(c1)oc1ccccc12)c1ccc(-c2ccccc2)[nH]c1=O. The van der Waals surface area contributed by atoms with Crippen molar-refractivity contribution in [1.29, 1.82) is 0 Å². The predicted octanol–water partition coefficient (Wildman–Crippen LogP) is 5.19. The Labute approximate surface area is 165 Å². The molecule has 0 saturated carbocycles. The maximum Gasteiger partial charge on any atom is 0.261 e. The molecule has 0 fully saturated rings. The fourth-order valence-electron chi connectivity index (χ4n) is 3.44. The lowest BCUT2D eigenvalue weighted by molar-refractivity contribution is 0.102. The molecule has 0 bridgehead atoms. The van der Waals surface area contributed by atoms with Gasteiger partial charge in [0.05, 0.1) is 0 Å². The summed E-state index contributed by atoms with van der Waals surface area (Å²) < 4.78 is 5.85. The summed E-state index contributed by atoms with van der Waals surface area (Å²) in [5.41, 5.74) is 3.19. The van der Waals surface area contributed by atoms with Crippen LogP contribution in [0.15, 0.2) is 94.1 Å². The molecule has 0 unspecified atom stereocenters. The largest absolute Gasteiger partial charge is 0.456 e. The third-order valence-corrected chi connectivity index (χ3v) is 4.88. The van der Waals surface area contributed by atoms with E-state index in [-0.39, 0.29) is 5.56 Å². The van der Waals surface area contributed by atoms with Crippen molar-refractivity contribution >= 4 is 33.5 Å². The van der Waals surface area contributed by atoms with E-state index in [0.717, 1.165) is 21.9 Å². The van der Waals surface area contributed by atoms with E-state index in [0.29, 0.717) is 17.0 Å². The molecule has 0 saturated heterocycles. The molecule has 0 radical (unpaired) electrons. The van der Waals surface area contributed by atoms with Crippen LogP contribution in [-0.2, 0) is 0 Å². The Morgan fingerprint density at radius 3 is 2.38 bits per heavy atom. The van der Waals surface area contributed by atoms with Gasteiger partial charge in [0.1, 0.15) is 16.7 Å². The summed E-state index contributed by atoms with van der Waals surface area (Å²) in [5.74, 6) is -0.471. The minimum Gasteiger partial charge on any atom is -0.456 e. The van der Waals surface area contributed by atoms with Crippen LogP contribution in [0.4, 0.5) is 5.69 Å². The molecule has 2 heterocycles. The first kappa shape index (κ1) is 17.0. The van der Waals surface area contributed by atoms with Crippen LogP contribution in [-0.4, -0.2) is 10.9 Å². The summed E-state index contributed by atoms with van der Waals surface area (Å²) >= 11 is 0. The highest BCUT2D eigenvalue weighted by Crippen LogP contribution is 2.30. The first-order valence-corrected chi connectivity index (χ1v) is 9.20. The molecule has 1 amide bonds. The first-order chi connectivity index (χ1) is 14.2. The number of nitrogens with one attached hydrogen (secondary N) is 2. The summed E-state index contributed by atoms with van der Waals surface area (Å²) in [5, 5.41) is 4.77. The van der Waals surface area contributed by atoms with Crippen molar-refractivity contribution in [2.45, 2.75) is 0 Å². The maximum absolute atomic E-state index is 12.6. The number of anilines is 1. The van der Waals surface area contributed by atoms with Gasteiger partial charge in [-0.25, -0.2) is 0 Å². The number of furan rings is 1. The number of H-pyrrole nitrogens is 1. The minimum absolute atomic E-state index is 0.0504. The van der Waals surface area contributed by atoms with E-state index in [4.69, 9.17) is 4.42 Å². The second kappa shape index (κ2) is 6.80. The molecule has 0 aliphatic heterocycles. The highest BCUT2D eigenvalue weighted by atomic mass is 16.3. The molecule has 5 rings (SSSR count). The summed E-state index contributed by atoms with van der Waals surface area (Å²) in [6.07, 6.45) is 0. The number of amides is 1. The second-order valence-corrected chi connectivity index (χ2v) is 6.74. The number of pyridine rings is 1. The van der Waals surface area contributed by atoms with E-state index in [1.807, 2.05) is 60.7 Å². The fourth-order valence-corrected chi connectivity index (χ4v) is 3.44. The molecule has 0 aliphatic rings. The van der Waals surface area contributed by atoms with Gasteiger partial charge in [-0.1, -0.05) is 48.5 Å². The van der Waals surface area contributed by atoms with Crippen molar-refractivity contribution in [1.82, 2.24) is 4.98 Å². The Morgan fingerprint density at radius 2 is 1.55 bits per heavy atom. The normalized spacial score (nSPS) is 11.0. The van der Waals surface area contributed by atoms with Crippen LogP contribution in [0.2, 0.25) is 0 Å². The second-order valence-electron chi connectivity index (χ2n) is 6.74. The van der Waals surface area contributed by atoms with Crippen molar-refractivity contribution < 1.29 is 9.21 Å². The molecule has 5 heteroatoms. The molecule has 0 spiro atoms. The van der Waals surface area contributed by atoms with E-state index in [2.05, 4.69) is 10.3 Å². The average Bonchev–Trinajstić information content (AvgIpc) is 3.12. The molecular formula is C24H16N2O3. The number of hydrogen-bond acceptors (Lipinski definition) is 3. The summed E-state index contributed by atoms with van der Waals surface area (Å²) in [4.78, 5) is 27.8. The lowest BCUT2D eigenvalue weighted by Gasteiger charge is -2.06. The van der Waals surface area contributed by atoms with Gasteiger partial charge in [-0.15, -0.1) is 0 Å². The van der Waals surface area contributed by atoms with E-state index in [1.54, 1.807) is 18.2 Å². The molecule has 2 aromatic heterocycles. The van der Waals surface area contributed by atoms with Crippen LogP contribution in [0, 0.1) is 0 Å². The van der Waals surface area contributed by atoms with Crippen molar-refractivity contribution in [2.24, 2.45) is 0 Å². The van der Waals surface area contributed by atoms with Crippen LogP contribution in [0.3, 0.4) is 0 Å². The Balaban J connectivity index is 1.44. The van der Waals surface area contributed by atoms with Gasteiger partial charge in [-0.05, 0) is 35.9 Å². The molecule has 0 aliphatic carbocycles. The zero-order valence-corrected chi connectivity index (χ0v) is 15.3. The summed E-state index contributed by atoms with van der Waals surface area (Å²) in [7, 11) is 0. The third-order valence-electron chi connectivity index (χ3n) is 4.88. The standard InChI is InChI=1S/C24H16N2O3/c27-23(19-12-13-20(26-24(19)28)15-6-2-1-3-7-15)25-16-10-11-18-17-8-4-5-9-21(17)29-22(18)14-16/h1-14H,(H,25,27)(H,26,28). The summed E-state index contributed by atoms with van der Waals surface area (Å²) in [6, 6.07) is 26.0. The van der Waals surface area contributed by atoms with E-state index < -0.39 is 11.5 Å². The van der Waals surface area contributed by atoms with Crippen molar-refractivity contribution in [3.8, 4) is 11.3 Å². The fraction of sp³-hybridized carbons (Fsp3) is 0. The molecule has 140 valence electrons. The first-order valence-electron chi connectivity index (χ1n) is 9.20. The average molecular weight is 380 g/mol. The quantitative estimate of drug-likeness (QED) is 0.452. The van der Waals surface area contributed by atoms with Crippen molar-refractivity contribution in [2.75, 3.05) is 5.32 Å². The molecule has 0 atom stereocenters. The monoisotopic (exact) mass is 380 g/mol. The Kier molecular flexibility index (Phi) is 3.99. The predicted molar refractivity (Wildman–Crippen MR) is 114 cm³/mol. The third kappa shape index (κ3) is 3.08. The zero-order valence-electron chi connectivity index (χ0n) is 15.3. The number of benzene rings is 3. The molecule has 5 aromatic rings. The van der Waals surface area contributed by atoms with Gasteiger partial charge in [-0.3, -0.25) is 9.59 Å². The van der Waals surface area contributed by atoms with Gasteiger partial charge < -0.3 is 14.7 Å². The smallest absolute Gasteiger partial charge is 0.261 e. The van der Waals surface area contributed by atoms with Gasteiger partial charge in [0.25, 0.3) is 11.5 Å². The van der Waals surface area contributed by atoms with Crippen LogP contribution in [0.5, 0.6) is 0 Å². The topological polar surface area (TPSA) is 75.1 Å². The van der Waals surface area contributed by atoms with Gasteiger partial charge in [-0.2, -0.15) is 0 Å². The van der Waals surface area contributed by atoms with Gasteiger partial charge in [0.15, 0.2) is 0 Å². The van der Waals surface area contributed by atoms with Gasteiger partial charge in [0, 0.05) is 28.2 Å². The molecule has 2 N–H and O–H groups in total. The number of aromatic nitrogens is 1. The van der Waals surface area contributed by atoms with Crippen LogP contribution < -0.4 is 10.9 Å². The number of carbonyl (C=O) groups excluding carboxylic acids is 1. The maximum atomic E-state index is 12.6. The number of carbonyl (C=O) groups is 1. The Bertz CT molecular complexity index is 1410. The van der Waals surface area contributed by atoms with Crippen LogP contribution in [0.25, 0.3) is 33.2 Å². The molecular weight excluding hydrogens is 364 g/mol. The van der Waals surface area contributed by atoms with Gasteiger partial charge >= 0.3 is 0 Å². The number of para-hydroxylation sites is 1. The van der Waals surface area contributed by atoms with Crippen molar-refractivity contribution in [3.63, 3.8) is 0 Å². The van der Waals surface area contributed by atoms with Crippen molar-refractivity contribution in [3.05, 3.63) is 101 Å². The van der Waals surface area contributed by atoms with Crippen LogP contribution in [0.1, 0.15) is 10.4 Å². The molecule has 3 aromatic carbocycles. The highest BCUT2D eigenvalue weighted by molar-refractivity contribution is 6.08. The Hall–Kier alpha value is -4.12. The van der Waals surface area contributed by atoms with E-state index in [9.17, 15) is 9.59 Å². The van der Waals surface area contributed by atoms with E-state index >= 15 is 0 Å². The minimum atomic E-state index is -0.471. The Morgan fingerprint density at radius 1 is 0.793 bits per heavy atom. The lowest BCUT2D eigenvalue weighted by Crippen LogP contribution is -2.23. The van der Waals surface area contributed by atoms with E-state index in [1.165, 1.54) is 6.07 Å². The lowest BCUT2D eigenvalue weighted by atomic mass is 10.1. The number of fused-ring (bicyclic) bond motifs is 3. The summed E-state index contributed by atoms with van der Waals surface area (Å²) in [6.45, 7) is 0. The zero-order chi connectivity index (χ0) is 19.8. The van der Waals surface area contributed by atoms with Gasteiger partial charge in [0.2, 0.25) is 0 Å². The number of rotatable bonds is 3. The molecule has 29 heavy (non-hydrogen) atoms. The number of aromatic amines is 1. The van der Waals surface area contributed by atoms with Crippen LogP contribution >= 0.6 is 0 Å². The number of hydrogen-bond donors (Lipinski definition) is 2. The highest BCUT2D eigenvalue weighted by Gasteiger charge is 2.13. The molecule has 5 nitrogen and oxygen atoms in total.